The number of anilines is 1. The molecule has 2 aliphatic rings. The topological polar surface area (TPSA) is 71.1 Å². The van der Waals surface area contributed by atoms with Crippen molar-refractivity contribution in [3.05, 3.63) is 59.2 Å². The predicted molar refractivity (Wildman–Crippen MR) is 137 cm³/mol. The fraction of sp³-hybridized carbons (Fsp3) is 0.500. The third-order valence-corrected chi connectivity index (χ3v) is 6.78. The van der Waals surface area contributed by atoms with Gasteiger partial charge in [0.15, 0.2) is 0 Å². The fourth-order valence-corrected chi connectivity index (χ4v) is 5.09. The monoisotopic (exact) mass is 479 g/mol. The summed E-state index contributed by atoms with van der Waals surface area (Å²) in [5, 5.41) is 3.73. The zero-order chi connectivity index (χ0) is 25.2. The average Bonchev–Trinajstić information content (AvgIpc) is 2.84. The molecule has 0 spiro atoms. The number of hydrogen-bond donors (Lipinski definition) is 1. The van der Waals surface area contributed by atoms with Gasteiger partial charge < -0.3 is 19.7 Å². The summed E-state index contributed by atoms with van der Waals surface area (Å²) in [6.07, 6.45) is 2.82. The van der Waals surface area contributed by atoms with Crippen LogP contribution < -0.4 is 15.0 Å². The van der Waals surface area contributed by atoms with Gasteiger partial charge in [-0.2, -0.15) is 0 Å². The van der Waals surface area contributed by atoms with Crippen LogP contribution in [0.5, 0.6) is 5.75 Å². The summed E-state index contributed by atoms with van der Waals surface area (Å²) in [6.45, 7) is 6.96. The third-order valence-electron chi connectivity index (χ3n) is 6.78. The molecule has 188 valence electrons. The van der Waals surface area contributed by atoms with Crippen molar-refractivity contribution in [1.82, 2.24) is 10.2 Å². The van der Waals surface area contributed by atoms with Gasteiger partial charge in [0.25, 0.3) is 0 Å². The zero-order valence-corrected chi connectivity index (χ0v) is 21.5. The highest BCUT2D eigenvalue weighted by atomic mass is 16.6. The summed E-state index contributed by atoms with van der Waals surface area (Å²) in [5.41, 5.74) is 3.66. The maximum atomic E-state index is 13.2. The van der Waals surface area contributed by atoms with Crippen molar-refractivity contribution in [1.29, 1.82) is 0 Å². The number of likely N-dealkylation sites (tertiary alicyclic amines) is 1. The van der Waals surface area contributed by atoms with Crippen LogP contribution in [0.1, 0.15) is 62.8 Å². The van der Waals surface area contributed by atoms with Gasteiger partial charge >= 0.3 is 6.09 Å². The van der Waals surface area contributed by atoms with Crippen LogP contribution in [0, 0.1) is 0 Å². The number of amides is 2. The van der Waals surface area contributed by atoms with Gasteiger partial charge in [0, 0.05) is 44.2 Å². The molecule has 0 aromatic heterocycles. The van der Waals surface area contributed by atoms with E-state index < -0.39 is 5.60 Å². The first-order valence-electron chi connectivity index (χ1n) is 12.4. The smallest absolute Gasteiger partial charge is 0.410 e. The minimum absolute atomic E-state index is 0.0589. The van der Waals surface area contributed by atoms with E-state index in [0.717, 1.165) is 47.4 Å². The first-order chi connectivity index (χ1) is 16.7. The number of carbonyl (C=O) groups excluding carboxylic acids is 2. The van der Waals surface area contributed by atoms with E-state index in [1.165, 1.54) is 0 Å². The third kappa shape index (κ3) is 5.61. The van der Waals surface area contributed by atoms with Crippen LogP contribution in [-0.4, -0.2) is 49.2 Å². The number of piperidine rings is 1. The molecular weight excluding hydrogens is 442 g/mol. The first kappa shape index (κ1) is 25.0. The Morgan fingerprint density at radius 3 is 2.57 bits per heavy atom. The fourth-order valence-electron chi connectivity index (χ4n) is 5.09. The van der Waals surface area contributed by atoms with Gasteiger partial charge in [-0.3, -0.25) is 9.69 Å². The van der Waals surface area contributed by atoms with E-state index in [-0.39, 0.29) is 24.1 Å². The summed E-state index contributed by atoms with van der Waals surface area (Å²) < 4.78 is 11.5. The molecule has 4 rings (SSSR count). The number of rotatable bonds is 5. The van der Waals surface area contributed by atoms with Crippen molar-refractivity contribution in [2.75, 3.05) is 25.6 Å². The van der Waals surface area contributed by atoms with Crippen LogP contribution in [-0.2, 0) is 22.5 Å². The lowest BCUT2D eigenvalue weighted by atomic mass is 9.90. The van der Waals surface area contributed by atoms with Crippen LogP contribution in [0.25, 0.3) is 0 Å². The van der Waals surface area contributed by atoms with Gasteiger partial charge in [-0.1, -0.05) is 30.3 Å². The lowest BCUT2D eigenvalue weighted by Gasteiger charge is -2.42. The highest BCUT2D eigenvalue weighted by Gasteiger charge is 2.37. The number of ether oxygens (including phenoxy) is 2. The Hall–Kier alpha value is -3.06. The largest absolute Gasteiger partial charge is 0.496 e. The Morgan fingerprint density at radius 1 is 1.14 bits per heavy atom. The SMILES string of the molecule is COc1cc2c(cc1CN[C@H]1CCCN(C(=O)OC(C)(C)C)[C@H]1c1ccccc1)CCC(=O)N2C. The quantitative estimate of drug-likeness (QED) is 0.665. The second-order valence-corrected chi connectivity index (χ2v) is 10.4. The molecule has 35 heavy (non-hydrogen) atoms. The molecule has 0 aliphatic carbocycles. The van der Waals surface area contributed by atoms with Gasteiger partial charge in [0.2, 0.25) is 5.91 Å². The van der Waals surface area contributed by atoms with Gasteiger partial charge in [-0.05, 0) is 57.2 Å². The number of aryl methyl sites for hydroxylation is 1. The van der Waals surface area contributed by atoms with E-state index >= 15 is 0 Å². The number of nitrogens with one attached hydrogen (secondary N) is 1. The van der Waals surface area contributed by atoms with Crippen LogP contribution >= 0.6 is 0 Å². The number of benzene rings is 2. The predicted octanol–water partition coefficient (Wildman–Crippen LogP) is 4.83. The Balaban J connectivity index is 1.59. The molecule has 7 heteroatoms. The minimum atomic E-state index is -0.552. The van der Waals surface area contributed by atoms with Gasteiger partial charge in [0.05, 0.1) is 18.8 Å². The lowest BCUT2D eigenvalue weighted by Crippen LogP contribution is -2.51. The molecule has 0 radical (unpaired) electrons. The second-order valence-electron chi connectivity index (χ2n) is 10.4. The van der Waals surface area contributed by atoms with E-state index in [1.54, 1.807) is 12.0 Å². The van der Waals surface area contributed by atoms with Crippen molar-refractivity contribution < 1.29 is 19.1 Å². The van der Waals surface area contributed by atoms with Crippen molar-refractivity contribution in [2.45, 2.75) is 70.7 Å². The molecule has 1 N–H and O–H groups in total. The van der Waals surface area contributed by atoms with Crippen molar-refractivity contribution in [3.8, 4) is 5.75 Å². The summed E-state index contributed by atoms with van der Waals surface area (Å²) in [6, 6.07) is 14.2. The summed E-state index contributed by atoms with van der Waals surface area (Å²) in [4.78, 5) is 28.9. The molecular formula is C28H37N3O4. The molecule has 0 bridgehead atoms. The lowest BCUT2D eigenvalue weighted by molar-refractivity contribution is -0.118. The van der Waals surface area contributed by atoms with Gasteiger partial charge in [-0.15, -0.1) is 0 Å². The Morgan fingerprint density at radius 2 is 1.89 bits per heavy atom. The molecule has 1 saturated heterocycles. The number of nitrogens with zero attached hydrogens (tertiary/aromatic N) is 2. The number of hydrogen-bond acceptors (Lipinski definition) is 5. The summed E-state index contributed by atoms with van der Waals surface area (Å²) in [5.74, 6) is 0.884. The van der Waals surface area contributed by atoms with Crippen LogP contribution in [0.4, 0.5) is 10.5 Å². The molecule has 2 aromatic carbocycles. The van der Waals surface area contributed by atoms with Crippen molar-refractivity contribution >= 4 is 17.7 Å². The first-order valence-corrected chi connectivity index (χ1v) is 12.4. The molecule has 2 amide bonds. The molecule has 7 nitrogen and oxygen atoms in total. The number of methoxy groups -OCH3 is 1. The average molecular weight is 480 g/mol. The molecule has 2 heterocycles. The maximum absolute atomic E-state index is 13.2. The molecule has 2 aromatic rings. The van der Waals surface area contributed by atoms with E-state index in [1.807, 2.05) is 57.0 Å². The van der Waals surface area contributed by atoms with Crippen LogP contribution in [0.3, 0.4) is 0 Å². The van der Waals surface area contributed by atoms with Gasteiger partial charge in [-0.25, -0.2) is 4.79 Å². The van der Waals surface area contributed by atoms with Crippen molar-refractivity contribution in [3.63, 3.8) is 0 Å². The van der Waals surface area contributed by atoms with E-state index in [4.69, 9.17) is 9.47 Å². The van der Waals surface area contributed by atoms with E-state index in [2.05, 4.69) is 23.5 Å². The zero-order valence-electron chi connectivity index (χ0n) is 21.5. The normalized spacial score (nSPS) is 20.4. The van der Waals surface area contributed by atoms with Crippen molar-refractivity contribution in [2.24, 2.45) is 0 Å². The Labute approximate surface area is 208 Å². The maximum Gasteiger partial charge on any atom is 0.410 e. The molecule has 0 saturated carbocycles. The van der Waals surface area contributed by atoms with Crippen LogP contribution in [0.2, 0.25) is 0 Å². The Kier molecular flexibility index (Phi) is 7.36. The minimum Gasteiger partial charge on any atom is -0.496 e. The summed E-state index contributed by atoms with van der Waals surface area (Å²) >= 11 is 0. The molecule has 2 atom stereocenters. The number of carbonyl (C=O) groups is 2. The highest BCUT2D eigenvalue weighted by Crippen LogP contribution is 2.36. The van der Waals surface area contributed by atoms with Crippen LogP contribution in [0.15, 0.2) is 42.5 Å². The van der Waals surface area contributed by atoms with Gasteiger partial charge in [0.1, 0.15) is 11.4 Å². The highest BCUT2D eigenvalue weighted by molar-refractivity contribution is 5.96. The number of fused-ring (bicyclic) bond motifs is 1. The molecule has 2 aliphatic heterocycles. The van der Waals surface area contributed by atoms with E-state index in [9.17, 15) is 9.59 Å². The summed E-state index contributed by atoms with van der Waals surface area (Å²) in [7, 11) is 3.48. The standard InChI is InChI=1S/C28H37N3O4/c1-28(2,3)35-27(33)31-15-9-12-22(26(31)19-10-7-6-8-11-19)29-18-21-16-20-13-14-25(32)30(4)23(20)17-24(21)34-5/h6-8,10-11,16-17,22,26,29H,9,12-15,18H2,1-5H3/t22-,26-/m0/s1. The molecule has 0 unspecified atom stereocenters. The van der Waals surface area contributed by atoms with E-state index in [0.29, 0.717) is 19.5 Å². The molecule has 1 fully saturated rings. The second kappa shape index (κ2) is 10.3. The Bertz CT molecular complexity index is 1060.